The lowest BCUT2D eigenvalue weighted by atomic mass is 10.0. The van der Waals surface area contributed by atoms with Gasteiger partial charge in [-0.25, -0.2) is 4.39 Å². The fourth-order valence-corrected chi connectivity index (χ4v) is 1.50. The molecule has 0 aromatic heterocycles. The molecule has 0 heterocycles. The van der Waals surface area contributed by atoms with Crippen LogP contribution in [0.3, 0.4) is 0 Å². The summed E-state index contributed by atoms with van der Waals surface area (Å²) in [6, 6.07) is 7.00. The molecule has 0 aliphatic heterocycles. The summed E-state index contributed by atoms with van der Waals surface area (Å²) in [5.41, 5.74) is 0.818. The third-order valence-electron chi connectivity index (χ3n) is 2.27. The van der Waals surface area contributed by atoms with Crippen molar-refractivity contribution in [3.63, 3.8) is 0 Å². The molecule has 1 atom stereocenters. The minimum absolute atomic E-state index is 0.0872. The molecule has 0 fully saturated rings. The van der Waals surface area contributed by atoms with E-state index >= 15 is 0 Å². The molecule has 0 aliphatic rings. The quantitative estimate of drug-likeness (QED) is 0.761. The van der Waals surface area contributed by atoms with Gasteiger partial charge in [0, 0.05) is 0 Å². The topological polar surface area (TPSA) is 12.0 Å². The minimum Gasteiger partial charge on any atom is -0.317 e. The van der Waals surface area contributed by atoms with Gasteiger partial charge in [-0.3, -0.25) is 0 Å². The molecular formula is C12H18FN. The molecule has 1 nitrogen and oxygen atoms in total. The Kier molecular flexibility index (Phi) is 4.60. The lowest BCUT2D eigenvalue weighted by Gasteiger charge is -2.11. The Balaban J connectivity index is 2.47. The summed E-state index contributed by atoms with van der Waals surface area (Å²) in [5.74, 6) is 0.391. The molecule has 0 spiro atoms. The predicted octanol–water partition coefficient (Wildman–Crippen LogP) is 2.61. The van der Waals surface area contributed by atoms with Crippen LogP contribution in [0.15, 0.2) is 24.3 Å². The highest BCUT2D eigenvalue weighted by molar-refractivity contribution is 5.17. The van der Waals surface area contributed by atoms with E-state index in [1.807, 2.05) is 12.1 Å². The molecule has 1 aromatic rings. The molecule has 0 aliphatic carbocycles. The van der Waals surface area contributed by atoms with E-state index in [-0.39, 0.29) is 5.82 Å². The highest BCUT2D eigenvalue weighted by Crippen LogP contribution is 2.11. The zero-order valence-corrected chi connectivity index (χ0v) is 8.89. The molecule has 2 heteroatoms. The zero-order chi connectivity index (χ0) is 10.4. The van der Waals surface area contributed by atoms with Gasteiger partial charge >= 0.3 is 0 Å². The summed E-state index contributed by atoms with van der Waals surface area (Å²) in [7, 11) is 0. The normalized spacial score (nSPS) is 12.8. The second kappa shape index (κ2) is 5.76. The van der Waals surface area contributed by atoms with Crippen LogP contribution < -0.4 is 5.32 Å². The van der Waals surface area contributed by atoms with E-state index in [1.54, 1.807) is 6.07 Å². The van der Waals surface area contributed by atoms with E-state index in [9.17, 15) is 4.39 Å². The maximum atomic E-state index is 13.3. The van der Waals surface area contributed by atoms with Crippen molar-refractivity contribution in [3.8, 4) is 0 Å². The number of halogens is 1. The second-order valence-electron chi connectivity index (χ2n) is 3.71. The van der Waals surface area contributed by atoms with Gasteiger partial charge in [-0.05, 0) is 37.1 Å². The predicted molar refractivity (Wildman–Crippen MR) is 57.8 cm³/mol. The van der Waals surface area contributed by atoms with Crippen molar-refractivity contribution in [1.82, 2.24) is 5.32 Å². The fraction of sp³-hybridized carbons (Fsp3) is 0.500. The molecule has 1 rings (SSSR count). The lowest BCUT2D eigenvalue weighted by molar-refractivity contribution is 0.505. The maximum absolute atomic E-state index is 13.3. The maximum Gasteiger partial charge on any atom is 0.126 e. The molecule has 0 saturated heterocycles. The van der Waals surface area contributed by atoms with E-state index in [1.165, 1.54) is 6.07 Å². The Labute approximate surface area is 85.3 Å². The van der Waals surface area contributed by atoms with Crippen LogP contribution in [-0.2, 0) is 6.42 Å². The Hall–Kier alpha value is -0.890. The average molecular weight is 195 g/mol. The Morgan fingerprint density at radius 2 is 2.07 bits per heavy atom. The summed E-state index contributed by atoms with van der Waals surface area (Å²) < 4.78 is 13.3. The van der Waals surface area contributed by atoms with E-state index in [0.29, 0.717) is 5.92 Å². The number of hydrogen-bond acceptors (Lipinski definition) is 1. The summed E-state index contributed by atoms with van der Waals surface area (Å²) in [5, 5.41) is 3.27. The summed E-state index contributed by atoms with van der Waals surface area (Å²) in [6.45, 7) is 6.14. The number of nitrogens with one attached hydrogen (secondary N) is 1. The van der Waals surface area contributed by atoms with Crippen LogP contribution in [0, 0.1) is 11.7 Å². The first-order chi connectivity index (χ1) is 6.74. The Morgan fingerprint density at radius 1 is 1.36 bits per heavy atom. The summed E-state index contributed by atoms with van der Waals surface area (Å²) in [4.78, 5) is 0. The fourth-order valence-electron chi connectivity index (χ4n) is 1.50. The molecule has 78 valence electrons. The van der Waals surface area contributed by atoms with Gasteiger partial charge in [-0.15, -0.1) is 0 Å². The monoisotopic (exact) mass is 195 g/mol. The van der Waals surface area contributed by atoms with Crippen LogP contribution in [0.4, 0.5) is 4.39 Å². The van der Waals surface area contributed by atoms with Gasteiger partial charge < -0.3 is 5.32 Å². The second-order valence-corrected chi connectivity index (χ2v) is 3.71. The summed E-state index contributed by atoms with van der Waals surface area (Å²) >= 11 is 0. The number of hydrogen-bond donors (Lipinski definition) is 1. The smallest absolute Gasteiger partial charge is 0.126 e. The SMILES string of the molecule is CCNCC(C)Cc1ccccc1F. The molecule has 1 unspecified atom stereocenters. The highest BCUT2D eigenvalue weighted by Gasteiger charge is 2.06. The number of rotatable bonds is 5. The first-order valence-corrected chi connectivity index (χ1v) is 5.18. The number of benzene rings is 1. The van der Waals surface area contributed by atoms with Gasteiger partial charge in [-0.1, -0.05) is 32.0 Å². The molecular weight excluding hydrogens is 177 g/mol. The van der Waals surface area contributed by atoms with Gasteiger partial charge in [0.25, 0.3) is 0 Å². The van der Waals surface area contributed by atoms with Crippen LogP contribution in [0.2, 0.25) is 0 Å². The van der Waals surface area contributed by atoms with E-state index in [2.05, 4.69) is 19.2 Å². The van der Waals surface area contributed by atoms with Crippen molar-refractivity contribution >= 4 is 0 Å². The first kappa shape index (κ1) is 11.2. The Bertz CT molecular complexity index is 273. The third kappa shape index (κ3) is 3.46. The molecule has 14 heavy (non-hydrogen) atoms. The van der Waals surface area contributed by atoms with Gasteiger partial charge in [-0.2, -0.15) is 0 Å². The third-order valence-corrected chi connectivity index (χ3v) is 2.27. The largest absolute Gasteiger partial charge is 0.317 e. The molecule has 0 saturated carbocycles. The van der Waals surface area contributed by atoms with E-state index < -0.39 is 0 Å². The Morgan fingerprint density at radius 3 is 2.71 bits per heavy atom. The van der Waals surface area contributed by atoms with E-state index in [4.69, 9.17) is 0 Å². The van der Waals surface area contributed by atoms with Gasteiger partial charge in [0.1, 0.15) is 5.82 Å². The standard InChI is InChI=1S/C12H18FN/c1-3-14-9-10(2)8-11-6-4-5-7-12(11)13/h4-7,10,14H,3,8-9H2,1-2H3. The van der Waals surface area contributed by atoms with Crippen molar-refractivity contribution in [1.29, 1.82) is 0 Å². The van der Waals surface area contributed by atoms with Crippen LogP contribution in [-0.4, -0.2) is 13.1 Å². The molecule has 0 amide bonds. The minimum atomic E-state index is -0.0872. The van der Waals surface area contributed by atoms with Crippen molar-refractivity contribution < 1.29 is 4.39 Å². The van der Waals surface area contributed by atoms with Crippen LogP contribution >= 0.6 is 0 Å². The first-order valence-electron chi connectivity index (χ1n) is 5.18. The molecule has 1 N–H and O–H groups in total. The van der Waals surface area contributed by atoms with Crippen molar-refractivity contribution in [3.05, 3.63) is 35.6 Å². The van der Waals surface area contributed by atoms with Crippen LogP contribution in [0.25, 0.3) is 0 Å². The lowest BCUT2D eigenvalue weighted by Crippen LogP contribution is -2.22. The molecule has 0 radical (unpaired) electrons. The van der Waals surface area contributed by atoms with Crippen LogP contribution in [0.5, 0.6) is 0 Å². The van der Waals surface area contributed by atoms with Crippen molar-refractivity contribution in [2.24, 2.45) is 5.92 Å². The van der Waals surface area contributed by atoms with Crippen LogP contribution in [0.1, 0.15) is 19.4 Å². The van der Waals surface area contributed by atoms with Gasteiger partial charge in [0.05, 0.1) is 0 Å². The highest BCUT2D eigenvalue weighted by atomic mass is 19.1. The molecule has 1 aromatic carbocycles. The molecule has 0 bridgehead atoms. The van der Waals surface area contributed by atoms with Crippen molar-refractivity contribution in [2.75, 3.05) is 13.1 Å². The zero-order valence-electron chi connectivity index (χ0n) is 8.89. The van der Waals surface area contributed by atoms with Gasteiger partial charge in [0.15, 0.2) is 0 Å². The summed E-state index contributed by atoms with van der Waals surface area (Å²) in [6.07, 6.45) is 0.805. The van der Waals surface area contributed by atoms with Crippen molar-refractivity contribution in [2.45, 2.75) is 20.3 Å². The average Bonchev–Trinajstić information content (AvgIpc) is 2.18. The van der Waals surface area contributed by atoms with Gasteiger partial charge in [0.2, 0.25) is 0 Å². The van der Waals surface area contributed by atoms with E-state index in [0.717, 1.165) is 25.1 Å².